The molecule has 0 aliphatic heterocycles. The van der Waals surface area contributed by atoms with Crippen LogP contribution in [0.25, 0.3) is 17.2 Å². The van der Waals surface area contributed by atoms with Crippen LogP contribution < -0.4 is 0 Å². The van der Waals surface area contributed by atoms with E-state index in [1.54, 1.807) is 19.4 Å². The van der Waals surface area contributed by atoms with Crippen LogP contribution >= 0.6 is 0 Å². The van der Waals surface area contributed by atoms with Crippen molar-refractivity contribution in [2.75, 3.05) is 14.2 Å². The second kappa shape index (κ2) is 6.75. The largest absolute Gasteiger partial charge is 0.504 e. The van der Waals surface area contributed by atoms with Crippen molar-refractivity contribution in [3.8, 4) is 11.1 Å². The maximum atomic E-state index is 12.0. The van der Waals surface area contributed by atoms with Crippen molar-refractivity contribution in [1.82, 2.24) is 0 Å². The molecule has 0 saturated heterocycles. The minimum Gasteiger partial charge on any atom is -0.504 e. The summed E-state index contributed by atoms with van der Waals surface area (Å²) in [5.41, 5.74) is 4.50. The average molecular weight is 282 g/mol. The number of aryl methyl sites for hydroxylation is 1. The van der Waals surface area contributed by atoms with E-state index in [-0.39, 0.29) is 5.97 Å². The number of methoxy groups -OCH3 is 2. The van der Waals surface area contributed by atoms with Gasteiger partial charge < -0.3 is 9.47 Å². The molecule has 0 aliphatic rings. The van der Waals surface area contributed by atoms with Crippen LogP contribution in [0, 0.1) is 6.92 Å². The van der Waals surface area contributed by atoms with Crippen molar-refractivity contribution in [3.63, 3.8) is 0 Å². The van der Waals surface area contributed by atoms with Gasteiger partial charge in [0.1, 0.15) is 0 Å². The van der Waals surface area contributed by atoms with Crippen molar-refractivity contribution >= 4 is 12.0 Å². The molecule has 0 amide bonds. The first-order chi connectivity index (χ1) is 10.2. The summed E-state index contributed by atoms with van der Waals surface area (Å²) in [7, 11) is 2.99. The molecule has 2 rings (SSSR count). The number of esters is 1. The molecule has 0 fully saturated rings. The first kappa shape index (κ1) is 14.9. The lowest BCUT2D eigenvalue weighted by Crippen LogP contribution is -2.04. The van der Waals surface area contributed by atoms with Crippen LogP contribution in [-0.4, -0.2) is 20.2 Å². The fourth-order valence-electron chi connectivity index (χ4n) is 2.20. The minimum absolute atomic E-state index is 0.337. The summed E-state index contributed by atoms with van der Waals surface area (Å²) in [5.74, 6) is -0.337. The predicted molar refractivity (Wildman–Crippen MR) is 84.0 cm³/mol. The lowest BCUT2D eigenvalue weighted by molar-refractivity contribution is 0.0601. The molecule has 0 atom stereocenters. The Morgan fingerprint density at radius 3 is 2.48 bits per heavy atom. The number of benzene rings is 2. The van der Waals surface area contributed by atoms with Crippen molar-refractivity contribution < 1.29 is 14.3 Å². The van der Waals surface area contributed by atoms with E-state index in [9.17, 15) is 4.79 Å². The molecule has 0 aliphatic carbocycles. The van der Waals surface area contributed by atoms with E-state index in [1.165, 1.54) is 7.11 Å². The van der Waals surface area contributed by atoms with Gasteiger partial charge in [0.05, 0.1) is 26.0 Å². The molecule has 2 aromatic rings. The zero-order valence-electron chi connectivity index (χ0n) is 12.4. The first-order valence-corrected chi connectivity index (χ1v) is 6.65. The maximum absolute atomic E-state index is 12.0. The van der Waals surface area contributed by atoms with Crippen LogP contribution in [0.3, 0.4) is 0 Å². The van der Waals surface area contributed by atoms with Crippen molar-refractivity contribution in [2.45, 2.75) is 6.92 Å². The minimum atomic E-state index is -0.337. The van der Waals surface area contributed by atoms with Gasteiger partial charge in [-0.05, 0) is 47.4 Å². The van der Waals surface area contributed by atoms with Gasteiger partial charge >= 0.3 is 5.97 Å². The van der Waals surface area contributed by atoms with Crippen LogP contribution in [-0.2, 0) is 9.47 Å². The molecule has 0 bridgehead atoms. The van der Waals surface area contributed by atoms with E-state index in [1.807, 2.05) is 49.4 Å². The second-order valence-corrected chi connectivity index (χ2v) is 4.65. The summed E-state index contributed by atoms with van der Waals surface area (Å²) < 4.78 is 9.82. The van der Waals surface area contributed by atoms with Crippen LogP contribution in [0.15, 0.2) is 48.7 Å². The van der Waals surface area contributed by atoms with Gasteiger partial charge in [-0.2, -0.15) is 0 Å². The molecule has 0 radical (unpaired) electrons. The Bertz CT molecular complexity index is 672. The SMILES string of the molecule is COC=Cc1ccc(C(=O)OC)c(-c2ccccc2C)c1. The summed E-state index contributed by atoms with van der Waals surface area (Å²) in [4.78, 5) is 12.0. The van der Waals surface area contributed by atoms with Gasteiger partial charge in [-0.3, -0.25) is 0 Å². The molecular weight excluding hydrogens is 264 g/mol. The summed E-state index contributed by atoms with van der Waals surface area (Å²) in [5, 5.41) is 0. The number of carbonyl (C=O) groups is 1. The maximum Gasteiger partial charge on any atom is 0.338 e. The lowest BCUT2D eigenvalue weighted by atomic mass is 9.94. The smallest absolute Gasteiger partial charge is 0.338 e. The van der Waals surface area contributed by atoms with Crippen LogP contribution in [0.2, 0.25) is 0 Å². The molecule has 108 valence electrons. The lowest BCUT2D eigenvalue weighted by Gasteiger charge is -2.11. The Morgan fingerprint density at radius 2 is 1.81 bits per heavy atom. The quantitative estimate of drug-likeness (QED) is 0.626. The fourth-order valence-corrected chi connectivity index (χ4v) is 2.20. The van der Waals surface area contributed by atoms with E-state index < -0.39 is 0 Å². The van der Waals surface area contributed by atoms with Crippen LogP contribution in [0.5, 0.6) is 0 Å². The number of rotatable bonds is 4. The average Bonchev–Trinajstić information content (AvgIpc) is 2.52. The summed E-state index contributed by atoms with van der Waals surface area (Å²) in [6, 6.07) is 13.6. The monoisotopic (exact) mass is 282 g/mol. The zero-order valence-corrected chi connectivity index (χ0v) is 12.4. The summed E-state index contributed by atoms with van der Waals surface area (Å²) in [6.45, 7) is 2.02. The molecule has 0 unspecified atom stereocenters. The third kappa shape index (κ3) is 3.31. The molecule has 0 aromatic heterocycles. The highest BCUT2D eigenvalue weighted by molar-refractivity contribution is 5.98. The van der Waals surface area contributed by atoms with Crippen molar-refractivity contribution in [3.05, 3.63) is 65.4 Å². The standard InChI is InChI=1S/C18H18O3/c1-13-6-4-5-7-15(13)17-12-14(10-11-20-2)8-9-16(17)18(19)21-3/h4-12H,1-3H3. The van der Waals surface area contributed by atoms with Crippen LogP contribution in [0.1, 0.15) is 21.5 Å². The molecule has 3 nitrogen and oxygen atoms in total. The van der Waals surface area contributed by atoms with Gasteiger partial charge in [-0.25, -0.2) is 4.79 Å². The van der Waals surface area contributed by atoms with E-state index in [0.29, 0.717) is 5.56 Å². The highest BCUT2D eigenvalue weighted by atomic mass is 16.5. The highest BCUT2D eigenvalue weighted by Crippen LogP contribution is 2.29. The van der Waals surface area contributed by atoms with E-state index >= 15 is 0 Å². The number of hydrogen-bond acceptors (Lipinski definition) is 3. The number of ether oxygens (including phenoxy) is 2. The Labute approximate surface area is 124 Å². The number of carbonyl (C=O) groups excluding carboxylic acids is 1. The highest BCUT2D eigenvalue weighted by Gasteiger charge is 2.14. The van der Waals surface area contributed by atoms with Gasteiger partial charge in [-0.15, -0.1) is 0 Å². The van der Waals surface area contributed by atoms with Gasteiger partial charge in [-0.1, -0.05) is 30.3 Å². The summed E-state index contributed by atoms with van der Waals surface area (Å²) >= 11 is 0. The molecular formula is C18H18O3. The van der Waals surface area contributed by atoms with Gasteiger partial charge in [0.15, 0.2) is 0 Å². The van der Waals surface area contributed by atoms with Crippen LogP contribution in [0.4, 0.5) is 0 Å². The van der Waals surface area contributed by atoms with Crippen molar-refractivity contribution in [1.29, 1.82) is 0 Å². The third-order valence-electron chi connectivity index (χ3n) is 3.28. The molecule has 2 aromatic carbocycles. The normalized spacial score (nSPS) is 10.6. The van der Waals surface area contributed by atoms with E-state index in [4.69, 9.17) is 9.47 Å². The molecule has 0 saturated carbocycles. The van der Waals surface area contributed by atoms with E-state index in [2.05, 4.69) is 0 Å². The Hall–Kier alpha value is -2.55. The molecule has 0 spiro atoms. The number of hydrogen-bond donors (Lipinski definition) is 0. The molecule has 21 heavy (non-hydrogen) atoms. The Morgan fingerprint density at radius 1 is 1.05 bits per heavy atom. The van der Waals surface area contributed by atoms with Gasteiger partial charge in [0.2, 0.25) is 0 Å². The second-order valence-electron chi connectivity index (χ2n) is 4.65. The van der Waals surface area contributed by atoms with Crippen molar-refractivity contribution in [2.24, 2.45) is 0 Å². The van der Waals surface area contributed by atoms with Gasteiger partial charge in [0, 0.05) is 0 Å². The van der Waals surface area contributed by atoms with E-state index in [0.717, 1.165) is 22.3 Å². The zero-order chi connectivity index (χ0) is 15.2. The van der Waals surface area contributed by atoms with Gasteiger partial charge in [0.25, 0.3) is 0 Å². The first-order valence-electron chi connectivity index (χ1n) is 6.65. The topological polar surface area (TPSA) is 35.5 Å². The predicted octanol–water partition coefficient (Wildman–Crippen LogP) is 4.07. The Balaban J connectivity index is 2.61. The summed E-state index contributed by atoms with van der Waals surface area (Å²) in [6.07, 6.45) is 3.46. The molecule has 0 heterocycles. The fraction of sp³-hybridized carbons (Fsp3) is 0.167. The molecule has 3 heteroatoms. The Kier molecular flexibility index (Phi) is 4.77. The molecule has 0 N–H and O–H groups in total. The third-order valence-corrected chi connectivity index (χ3v) is 3.28.